The van der Waals surface area contributed by atoms with E-state index in [1.54, 1.807) is 24.3 Å². The number of aromatic nitrogens is 1. The van der Waals surface area contributed by atoms with Gasteiger partial charge in [-0.15, -0.1) is 6.58 Å². The molecule has 1 heterocycles. The highest BCUT2D eigenvalue weighted by atomic mass is 32.2. The molecular weight excluding hydrogens is 234 g/mol. The number of rotatable bonds is 2. The first-order valence-electron chi connectivity index (χ1n) is 5.09. The second-order valence-corrected chi connectivity index (χ2v) is 5.80. The molecule has 0 aliphatic carbocycles. The zero-order valence-corrected chi connectivity index (χ0v) is 10.4. The highest BCUT2D eigenvalue weighted by Crippen LogP contribution is 2.08. The summed E-state index contributed by atoms with van der Waals surface area (Å²) in [5.74, 6) is 0. The molecule has 0 aliphatic heterocycles. The van der Waals surface area contributed by atoms with E-state index in [-0.39, 0.29) is 4.90 Å². The smallest absolute Gasteiger partial charge is 0.175 e. The summed E-state index contributed by atoms with van der Waals surface area (Å²) in [6, 6.07) is 6.73. The van der Waals surface area contributed by atoms with Gasteiger partial charge in [0, 0.05) is 0 Å². The van der Waals surface area contributed by atoms with E-state index < -0.39 is 10.0 Å². The first-order chi connectivity index (χ1) is 7.91. The van der Waals surface area contributed by atoms with Crippen LogP contribution in [0.5, 0.6) is 0 Å². The number of nitrogens with zero attached hydrogens (tertiary/aromatic N) is 1. The van der Waals surface area contributed by atoms with Crippen LogP contribution >= 0.6 is 0 Å². The molecule has 1 aromatic heterocycles. The molecule has 2 rings (SSSR count). The van der Waals surface area contributed by atoms with Crippen molar-refractivity contribution >= 4 is 23.2 Å². The van der Waals surface area contributed by atoms with Gasteiger partial charge in [-0.05, 0) is 19.1 Å². The van der Waals surface area contributed by atoms with E-state index in [4.69, 9.17) is 0 Å². The highest BCUT2D eigenvalue weighted by molar-refractivity contribution is 7.85. The molecular formula is C13H13NO2S. The maximum Gasteiger partial charge on any atom is 0.383 e. The van der Waals surface area contributed by atoms with E-state index in [9.17, 15) is 8.42 Å². The SMILES string of the molecule is C=c1c[n+](S(=O)(=O)c2ccc(C)cc2)[cH-]c1=C. The summed E-state index contributed by atoms with van der Waals surface area (Å²) in [4.78, 5) is 0.262. The van der Waals surface area contributed by atoms with Crippen molar-refractivity contribution in [3.05, 3.63) is 52.7 Å². The fourth-order valence-corrected chi connectivity index (χ4v) is 2.74. The van der Waals surface area contributed by atoms with Gasteiger partial charge in [0.05, 0.1) is 6.20 Å². The summed E-state index contributed by atoms with van der Waals surface area (Å²) in [6.07, 6.45) is 2.94. The van der Waals surface area contributed by atoms with Crippen molar-refractivity contribution in [2.75, 3.05) is 0 Å². The van der Waals surface area contributed by atoms with Crippen LogP contribution in [0.25, 0.3) is 13.2 Å². The average Bonchev–Trinajstić information content (AvgIpc) is 2.60. The Hall–Kier alpha value is -1.81. The van der Waals surface area contributed by atoms with Gasteiger partial charge < -0.3 is 0 Å². The van der Waals surface area contributed by atoms with Crippen LogP contribution in [-0.2, 0) is 10.0 Å². The number of hydrogen-bond acceptors (Lipinski definition) is 2. The molecule has 0 spiro atoms. The molecule has 4 heteroatoms. The lowest BCUT2D eigenvalue weighted by molar-refractivity contribution is -0.508. The zero-order valence-electron chi connectivity index (χ0n) is 9.55. The molecule has 0 unspecified atom stereocenters. The van der Waals surface area contributed by atoms with Gasteiger partial charge in [-0.1, -0.05) is 28.1 Å². The average molecular weight is 247 g/mol. The van der Waals surface area contributed by atoms with Gasteiger partial charge in [0.15, 0.2) is 0 Å². The Morgan fingerprint density at radius 2 is 1.76 bits per heavy atom. The van der Waals surface area contributed by atoms with Gasteiger partial charge in [-0.2, -0.15) is 19.0 Å². The van der Waals surface area contributed by atoms with Crippen molar-refractivity contribution in [3.8, 4) is 0 Å². The molecule has 88 valence electrons. The summed E-state index contributed by atoms with van der Waals surface area (Å²) in [5, 5.41) is 1.22. The molecule has 0 N–H and O–H groups in total. The topological polar surface area (TPSA) is 38.0 Å². The summed E-state index contributed by atoms with van der Waals surface area (Å²) >= 11 is 0. The van der Waals surface area contributed by atoms with Crippen molar-refractivity contribution in [3.63, 3.8) is 0 Å². The molecule has 1 aromatic carbocycles. The second kappa shape index (κ2) is 3.89. The molecule has 0 radical (unpaired) electrons. The molecule has 0 saturated heterocycles. The molecule has 2 aromatic rings. The minimum Gasteiger partial charge on any atom is -0.175 e. The number of aryl methyl sites for hydroxylation is 1. The Labute approximate surface area is 100 Å². The minimum atomic E-state index is -3.52. The monoisotopic (exact) mass is 247 g/mol. The third-order valence-electron chi connectivity index (χ3n) is 2.57. The lowest BCUT2D eigenvalue weighted by Gasteiger charge is -1.99. The van der Waals surface area contributed by atoms with Crippen LogP contribution in [0.2, 0.25) is 0 Å². The quantitative estimate of drug-likeness (QED) is 0.556. The van der Waals surface area contributed by atoms with E-state index in [0.29, 0.717) is 10.4 Å². The van der Waals surface area contributed by atoms with E-state index in [2.05, 4.69) is 13.2 Å². The fraction of sp³-hybridized carbons (Fsp3) is 0.0769. The van der Waals surface area contributed by atoms with Crippen LogP contribution < -0.4 is 14.4 Å². The van der Waals surface area contributed by atoms with Crippen molar-refractivity contribution in [2.45, 2.75) is 11.8 Å². The summed E-state index contributed by atoms with van der Waals surface area (Å²) in [6.45, 7) is 9.34. The molecule has 0 saturated carbocycles. The van der Waals surface area contributed by atoms with Gasteiger partial charge in [0.1, 0.15) is 11.1 Å². The van der Waals surface area contributed by atoms with Crippen molar-refractivity contribution in [2.24, 2.45) is 0 Å². The van der Waals surface area contributed by atoms with Crippen molar-refractivity contribution in [1.82, 2.24) is 0 Å². The van der Waals surface area contributed by atoms with Crippen molar-refractivity contribution < 1.29 is 12.4 Å². The van der Waals surface area contributed by atoms with Gasteiger partial charge >= 0.3 is 10.0 Å². The Morgan fingerprint density at radius 3 is 2.24 bits per heavy atom. The first kappa shape index (κ1) is 11.7. The first-order valence-corrected chi connectivity index (χ1v) is 6.53. The Morgan fingerprint density at radius 1 is 1.18 bits per heavy atom. The summed E-state index contributed by atoms with van der Waals surface area (Å²) < 4.78 is 25.6. The standard InChI is InChI=1S/C13H13NO2S/c1-10-4-6-13(7-5-10)17(15,16)14-8-11(2)12(3)9-14/h4-9H,2-3H2,1H3. The molecule has 0 amide bonds. The zero-order chi connectivity index (χ0) is 12.6. The van der Waals surface area contributed by atoms with Crippen LogP contribution in [0.1, 0.15) is 5.56 Å². The van der Waals surface area contributed by atoms with Gasteiger partial charge in [0.25, 0.3) is 0 Å². The summed E-state index contributed by atoms with van der Waals surface area (Å²) in [5.41, 5.74) is 1.02. The molecule has 17 heavy (non-hydrogen) atoms. The van der Waals surface area contributed by atoms with Gasteiger partial charge in [0.2, 0.25) is 0 Å². The Bertz CT molecular complexity index is 712. The molecule has 0 aliphatic rings. The minimum absolute atomic E-state index is 0.262. The van der Waals surface area contributed by atoms with Crippen LogP contribution in [0, 0.1) is 6.92 Å². The predicted molar refractivity (Wildman–Crippen MR) is 66.3 cm³/mol. The van der Waals surface area contributed by atoms with E-state index in [1.165, 1.54) is 12.4 Å². The molecule has 0 bridgehead atoms. The van der Waals surface area contributed by atoms with E-state index in [1.807, 2.05) is 6.92 Å². The third-order valence-corrected chi connectivity index (χ3v) is 4.21. The lowest BCUT2D eigenvalue weighted by Crippen LogP contribution is -2.41. The maximum atomic E-state index is 12.2. The van der Waals surface area contributed by atoms with Gasteiger partial charge in [-0.25, -0.2) is 0 Å². The van der Waals surface area contributed by atoms with Gasteiger partial charge in [-0.3, -0.25) is 0 Å². The van der Waals surface area contributed by atoms with Crippen LogP contribution in [0.15, 0.2) is 41.6 Å². The highest BCUT2D eigenvalue weighted by Gasteiger charge is 2.21. The second-order valence-electron chi connectivity index (χ2n) is 3.96. The van der Waals surface area contributed by atoms with E-state index in [0.717, 1.165) is 9.54 Å². The fourth-order valence-electron chi connectivity index (χ4n) is 1.48. The normalized spacial score (nSPS) is 11.6. The van der Waals surface area contributed by atoms with Crippen LogP contribution in [-0.4, -0.2) is 8.42 Å². The number of hydrogen-bond donors (Lipinski definition) is 0. The van der Waals surface area contributed by atoms with E-state index >= 15 is 0 Å². The molecule has 0 fully saturated rings. The third kappa shape index (κ3) is 2.03. The Balaban J connectivity index is 2.61. The maximum absolute atomic E-state index is 12.2. The molecule has 3 nitrogen and oxygen atoms in total. The largest absolute Gasteiger partial charge is 0.383 e. The molecule has 0 atom stereocenters. The van der Waals surface area contributed by atoms with Crippen molar-refractivity contribution in [1.29, 1.82) is 0 Å². The van der Waals surface area contributed by atoms with Crippen LogP contribution in [0.3, 0.4) is 0 Å². The Kier molecular flexibility index (Phi) is 2.67. The predicted octanol–water partition coefficient (Wildman–Crippen LogP) is 0.0590. The van der Waals surface area contributed by atoms with Crippen LogP contribution in [0.4, 0.5) is 0 Å². The lowest BCUT2D eigenvalue weighted by atomic mass is 10.2. The number of benzene rings is 1. The summed E-state index contributed by atoms with van der Waals surface area (Å²) in [7, 11) is -3.52.